The van der Waals surface area contributed by atoms with Crippen LogP contribution in [0.1, 0.15) is 28.9 Å². The van der Waals surface area contributed by atoms with Gasteiger partial charge in [-0.05, 0) is 56.5 Å². The van der Waals surface area contributed by atoms with Crippen LogP contribution in [0.3, 0.4) is 0 Å². The monoisotopic (exact) mass is 333 g/mol. The molecular formula is C21H23N3O. The number of hydrogen-bond acceptors (Lipinski definition) is 2. The highest BCUT2D eigenvalue weighted by Crippen LogP contribution is 2.20. The van der Waals surface area contributed by atoms with Gasteiger partial charge in [0.1, 0.15) is 0 Å². The number of aromatic nitrogens is 2. The van der Waals surface area contributed by atoms with Crippen molar-refractivity contribution in [3.05, 3.63) is 77.1 Å². The number of benzene rings is 2. The van der Waals surface area contributed by atoms with Crippen LogP contribution >= 0.6 is 0 Å². The molecule has 1 heterocycles. The van der Waals surface area contributed by atoms with Gasteiger partial charge in [-0.15, -0.1) is 0 Å². The number of para-hydroxylation sites is 2. The van der Waals surface area contributed by atoms with Gasteiger partial charge in [0, 0.05) is 17.8 Å². The molecule has 0 radical (unpaired) electrons. The summed E-state index contributed by atoms with van der Waals surface area (Å²) in [6.07, 6.45) is 1.12. The molecule has 3 rings (SSSR count). The van der Waals surface area contributed by atoms with Crippen molar-refractivity contribution in [2.75, 3.05) is 5.32 Å². The maximum Gasteiger partial charge on any atom is 0.224 e. The molecule has 4 nitrogen and oxygen atoms in total. The highest BCUT2D eigenvalue weighted by molar-refractivity contribution is 5.91. The van der Waals surface area contributed by atoms with Gasteiger partial charge in [0.25, 0.3) is 0 Å². The van der Waals surface area contributed by atoms with Crippen molar-refractivity contribution in [1.29, 1.82) is 0 Å². The van der Waals surface area contributed by atoms with Gasteiger partial charge in [-0.25, -0.2) is 4.68 Å². The summed E-state index contributed by atoms with van der Waals surface area (Å²) in [7, 11) is 0. The molecule has 0 fully saturated rings. The largest absolute Gasteiger partial charge is 0.326 e. The molecule has 0 atom stereocenters. The third-order valence-corrected chi connectivity index (χ3v) is 4.46. The first-order valence-corrected chi connectivity index (χ1v) is 8.52. The van der Waals surface area contributed by atoms with Crippen molar-refractivity contribution in [3.8, 4) is 5.69 Å². The standard InChI is InChI=1S/C21H23N3O/c1-15-9-7-8-12-20(15)22-21(25)14-13-19-16(2)23-24(17(19)3)18-10-5-4-6-11-18/h4-12H,13-14H2,1-3H3,(H,22,25). The Labute approximate surface area is 148 Å². The summed E-state index contributed by atoms with van der Waals surface area (Å²) in [5.74, 6) is 0.0283. The summed E-state index contributed by atoms with van der Waals surface area (Å²) in [5, 5.41) is 7.63. The first-order valence-electron chi connectivity index (χ1n) is 8.52. The zero-order valence-electron chi connectivity index (χ0n) is 14.9. The van der Waals surface area contributed by atoms with E-state index in [1.165, 1.54) is 0 Å². The number of carbonyl (C=O) groups is 1. The number of nitrogens with one attached hydrogen (secondary N) is 1. The van der Waals surface area contributed by atoms with E-state index in [1.807, 2.05) is 73.1 Å². The number of amides is 1. The maximum absolute atomic E-state index is 12.3. The SMILES string of the molecule is Cc1ccccc1NC(=O)CCc1c(C)nn(-c2ccccc2)c1C. The first kappa shape index (κ1) is 17.0. The molecule has 0 aliphatic rings. The van der Waals surface area contributed by atoms with Crippen LogP contribution in [0.2, 0.25) is 0 Å². The molecule has 1 N–H and O–H groups in total. The number of hydrogen-bond donors (Lipinski definition) is 1. The third kappa shape index (κ3) is 3.79. The molecule has 1 aromatic heterocycles. The molecule has 4 heteroatoms. The second-order valence-electron chi connectivity index (χ2n) is 6.26. The van der Waals surface area contributed by atoms with Crippen LogP contribution < -0.4 is 5.32 Å². The van der Waals surface area contributed by atoms with Crippen molar-refractivity contribution in [2.45, 2.75) is 33.6 Å². The highest BCUT2D eigenvalue weighted by atomic mass is 16.1. The molecule has 128 valence electrons. The van der Waals surface area contributed by atoms with E-state index in [9.17, 15) is 4.79 Å². The van der Waals surface area contributed by atoms with E-state index in [0.717, 1.165) is 33.9 Å². The van der Waals surface area contributed by atoms with E-state index in [4.69, 9.17) is 0 Å². The number of anilines is 1. The molecule has 2 aromatic carbocycles. The normalized spacial score (nSPS) is 10.7. The fourth-order valence-corrected chi connectivity index (χ4v) is 3.02. The molecule has 0 saturated carbocycles. The average molecular weight is 333 g/mol. The molecule has 0 aliphatic carbocycles. The van der Waals surface area contributed by atoms with Crippen LogP contribution in [0.5, 0.6) is 0 Å². The summed E-state index contributed by atoms with van der Waals surface area (Å²) >= 11 is 0. The lowest BCUT2D eigenvalue weighted by Crippen LogP contribution is -2.13. The van der Waals surface area contributed by atoms with Gasteiger partial charge in [0.15, 0.2) is 0 Å². The van der Waals surface area contributed by atoms with E-state index >= 15 is 0 Å². The van der Waals surface area contributed by atoms with Crippen molar-refractivity contribution < 1.29 is 4.79 Å². The summed E-state index contributed by atoms with van der Waals surface area (Å²) in [4.78, 5) is 12.3. The van der Waals surface area contributed by atoms with E-state index in [2.05, 4.69) is 17.3 Å². The molecule has 25 heavy (non-hydrogen) atoms. The highest BCUT2D eigenvalue weighted by Gasteiger charge is 2.14. The predicted octanol–water partition coefficient (Wildman–Crippen LogP) is 4.37. The van der Waals surface area contributed by atoms with Gasteiger partial charge in [-0.1, -0.05) is 36.4 Å². The lowest BCUT2D eigenvalue weighted by Gasteiger charge is -2.08. The molecule has 0 bridgehead atoms. The van der Waals surface area contributed by atoms with Gasteiger partial charge in [0.2, 0.25) is 5.91 Å². The molecule has 0 spiro atoms. The minimum absolute atomic E-state index is 0.0283. The summed E-state index contributed by atoms with van der Waals surface area (Å²) in [6.45, 7) is 6.05. The number of nitrogens with zero attached hydrogens (tertiary/aromatic N) is 2. The van der Waals surface area contributed by atoms with Crippen molar-refractivity contribution in [2.24, 2.45) is 0 Å². The van der Waals surface area contributed by atoms with E-state index in [0.29, 0.717) is 12.8 Å². The Bertz CT molecular complexity index is 881. The van der Waals surface area contributed by atoms with Gasteiger partial charge in [0.05, 0.1) is 11.4 Å². The summed E-state index contributed by atoms with van der Waals surface area (Å²) in [5.41, 5.74) is 6.20. The minimum atomic E-state index is 0.0283. The smallest absolute Gasteiger partial charge is 0.224 e. The van der Waals surface area contributed by atoms with Crippen LogP contribution in [0.4, 0.5) is 5.69 Å². The fraction of sp³-hybridized carbons (Fsp3) is 0.238. The Morgan fingerprint density at radius 2 is 1.68 bits per heavy atom. The van der Waals surface area contributed by atoms with E-state index in [1.54, 1.807) is 0 Å². The lowest BCUT2D eigenvalue weighted by atomic mass is 10.1. The number of aryl methyl sites for hydroxylation is 2. The predicted molar refractivity (Wildman–Crippen MR) is 101 cm³/mol. The van der Waals surface area contributed by atoms with Crippen molar-refractivity contribution in [3.63, 3.8) is 0 Å². The quantitative estimate of drug-likeness (QED) is 0.754. The van der Waals surface area contributed by atoms with E-state index < -0.39 is 0 Å². The number of carbonyl (C=O) groups excluding carboxylic acids is 1. The molecule has 1 amide bonds. The maximum atomic E-state index is 12.3. The average Bonchev–Trinajstić information content (AvgIpc) is 2.90. The lowest BCUT2D eigenvalue weighted by molar-refractivity contribution is -0.116. The van der Waals surface area contributed by atoms with Gasteiger partial charge < -0.3 is 5.32 Å². The Hall–Kier alpha value is -2.88. The van der Waals surface area contributed by atoms with Crippen LogP contribution in [0.25, 0.3) is 5.69 Å². The zero-order valence-corrected chi connectivity index (χ0v) is 14.9. The fourth-order valence-electron chi connectivity index (χ4n) is 3.02. The molecule has 0 saturated heterocycles. The molecule has 0 aliphatic heterocycles. The summed E-state index contributed by atoms with van der Waals surface area (Å²) in [6, 6.07) is 17.9. The Morgan fingerprint density at radius 3 is 2.40 bits per heavy atom. The van der Waals surface area contributed by atoms with Gasteiger partial charge in [-0.3, -0.25) is 4.79 Å². The van der Waals surface area contributed by atoms with Gasteiger partial charge in [-0.2, -0.15) is 5.10 Å². The first-order chi connectivity index (χ1) is 12.1. The Kier molecular flexibility index (Phi) is 4.98. The van der Waals surface area contributed by atoms with Crippen LogP contribution in [-0.4, -0.2) is 15.7 Å². The molecule has 3 aromatic rings. The zero-order chi connectivity index (χ0) is 17.8. The second kappa shape index (κ2) is 7.34. The van der Waals surface area contributed by atoms with Crippen molar-refractivity contribution in [1.82, 2.24) is 9.78 Å². The van der Waals surface area contributed by atoms with E-state index in [-0.39, 0.29) is 5.91 Å². The minimum Gasteiger partial charge on any atom is -0.326 e. The molecular weight excluding hydrogens is 310 g/mol. The molecule has 0 unspecified atom stereocenters. The van der Waals surface area contributed by atoms with Crippen molar-refractivity contribution >= 4 is 11.6 Å². The summed E-state index contributed by atoms with van der Waals surface area (Å²) < 4.78 is 1.95. The second-order valence-corrected chi connectivity index (χ2v) is 6.26. The third-order valence-electron chi connectivity index (χ3n) is 4.46. The van der Waals surface area contributed by atoms with Crippen LogP contribution in [0, 0.1) is 20.8 Å². The van der Waals surface area contributed by atoms with Crippen LogP contribution in [-0.2, 0) is 11.2 Å². The Balaban J connectivity index is 1.70. The Morgan fingerprint density at radius 1 is 1.00 bits per heavy atom. The van der Waals surface area contributed by atoms with Crippen LogP contribution in [0.15, 0.2) is 54.6 Å². The topological polar surface area (TPSA) is 46.9 Å². The van der Waals surface area contributed by atoms with Gasteiger partial charge >= 0.3 is 0 Å². The number of rotatable bonds is 5.